The monoisotopic (exact) mass is 502 g/mol. The summed E-state index contributed by atoms with van der Waals surface area (Å²) in [5, 5.41) is 1.19. The Morgan fingerprint density at radius 2 is 1.29 bits per heavy atom. The van der Waals surface area contributed by atoms with Gasteiger partial charge in [0.2, 0.25) is 0 Å². The van der Waals surface area contributed by atoms with Crippen LogP contribution in [0.3, 0.4) is 0 Å². The Morgan fingerprint density at radius 1 is 0.824 bits per heavy atom. The molecule has 34 heavy (non-hydrogen) atoms. The summed E-state index contributed by atoms with van der Waals surface area (Å²) >= 11 is 0. The maximum absolute atomic E-state index is 15.7. The molecule has 4 heteroatoms. The Labute approximate surface area is 211 Å². The fraction of sp³-hybridized carbons (Fsp3) is 0.600. The van der Waals surface area contributed by atoms with Gasteiger partial charge in [-0.3, -0.25) is 0 Å². The van der Waals surface area contributed by atoms with E-state index in [4.69, 9.17) is 4.52 Å². The highest BCUT2D eigenvalue weighted by Gasteiger charge is 2.34. The summed E-state index contributed by atoms with van der Waals surface area (Å²) in [6, 6.07) is 9.31. The van der Waals surface area contributed by atoms with Gasteiger partial charge in [-0.2, -0.15) is 4.20 Å². The fourth-order valence-electron chi connectivity index (χ4n) is 5.02. The van der Waals surface area contributed by atoms with Gasteiger partial charge in [0.1, 0.15) is 5.75 Å². The van der Waals surface area contributed by atoms with Crippen molar-refractivity contribution in [2.75, 3.05) is 0 Å². The number of benzene rings is 2. The quantitative estimate of drug-likeness (QED) is 0.378. The second-order valence-corrected chi connectivity index (χ2v) is 16.2. The van der Waals surface area contributed by atoms with Gasteiger partial charge in [0.25, 0.3) is 8.15 Å². The summed E-state index contributed by atoms with van der Waals surface area (Å²) in [4.78, 5) is 0. The highest BCUT2D eigenvalue weighted by atomic mass is 32.1. The van der Waals surface area contributed by atoms with E-state index >= 15 is 4.20 Å². The summed E-state index contributed by atoms with van der Waals surface area (Å²) in [6.07, 6.45) is 2.06. The minimum absolute atomic E-state index is 0.0436. The maximum atomic E-state index is 15.7. The Bertz CT molecular complexity index is 946. The lowest BCUT2D eigenvalue weighted by Crippen LogP contribution is -2.26. The van der Waals surface area contributed by atoms with E-state index in [1.165, 1.54) is 27.6 Å². The third-order valence-electron chi connectivity index (χ3n) is 6.61. The minimum atomic E-state index is -2.08. The van der Waals surface area contributed by atoms with Crippen molar-refractivity contribution in [3.8, 4) is 5.75 Å². The van der Waals surface area contributed by atoms with E-state index in [1.54, 1.807) is 0 Å². The smallest absolute Gasteiger partial charge is 0.299 e. The van der Waals surface area contributed by atoms with Gasteiger partial charge in [0.05, 0.1) is 0 Å². The third kappa shape index (κ3) is 6.23. The Kier molecular flexibility index (Phi) is 8.27. The van der Waals surface area contributed by atoms with Gasteiger partial charge in [-0.25, -0.2) is 0 Å². The van der Waals surface area contributed by atoms with Gasteiger partial charge in [-0.1, -0.05) is 100 Å². The molecule has 1 aliphatic rings. The van der Waals surface area contributed by atoms with Gasteiger partial charge < -0.3 is 4.52 Å². The first-order valence-corrected chi connectivity index (χ1v) is 15.8. The molecule has 3 unspecified atom stereocenters. The number of hydrogen-bond donors (Lipinski definition) is 0. The zero-order valence-electron chi connectivity index (χ0n) is 23.2. The average molecular weight is 503 g/mol. The number of fused-ring (bicyclic) bond motifs is 2. The molecule has 0 radical (unpaired) electrons. The molecule has 2 aromatic rings. The van der Waals surface area contributed by atoms with Crippen LogP contribution < -0.4 is 9.83 Å². The minimum Gasteiger partial charge on any atom is -0.440 e. The zero-order valence-corrected chi connectivity index (χ0v) is 25.1. The van der Waals surface area contributed by atoms with Crippen molar-refractivity contribution >= 4 is 21.7 Å². The summed E-state index contributed by atoms with van der Waals surface area (Å²) < 4.78 is 22.0. The number of hydrogen-bond acceptors (Lipinski definition) is 1. The van der Waals surface area contributed by atoms with Crippen LogP contribution in [0.4, 0.5) is 4.20 Å². The Morgan fingerprint density at radius 3 is 1.76 bits per heavy atom. The van der Waals surface area contributed by atoms with Crippen molar-refractivity contribution in [2.45, 2.75) is 106 Å². The molecule has 1 nitrogen and oxygen atoms in total. The lowest BCUT2D eigenvalue weighted by Gasteiger charge is -2.34. The van der Waals surface area contributed by atoms with Gasteiger partial charge in [-0.05, 0) is 63.1 Å². The lowest BCUT2D eigenvalue weighted by atomic mass is 9.78. The second kappa shape index (κ2) is 10.2. The summed E-state index contributed by atoms with van der Waals surface area (Å²) in [5.41, 5.74) is 7.43. The van der Waals surface area contributed by atoms with Crippen LogP contribution in [0.2, 0.25) is 0 Å². The largest absolute Gasteiger partial charge is 0.440 e. The van der Waals surface area contributed by atoms with Crippen LogP contribution in [0.1, 0.15) is 115 Å². The molecule has 1 aliphatic heterocycles. The van der Waals surface area contributed by atoms with E-state index in [0.29, 0.717) is 11.8 Å². The first kappa shape index (κ1) is 27.6. The predicted molar refractivity (Wildman–Crippen MR) is 151 cm³/mol. The fourth-order valence-corrected chi connectivity index (χ4v) is 8.27. The first-order valence-electron chi connectivity index (χ1n) is 12.8. The van der Waals surface area contributed by atoms with Crippen LogP contribution in [-0.4, -0.2) is 0 Å². The van der Waals surface area contributed by atoms with Crippen LogP contribution >= 0.6 is 16.4 Å². The van der Waals surface area contributed by atoms with Crippen molar-refractivity contribution in [2.24, 2.45) is 11.8 Å². The molecule has 0 spiro atoms. The highest BCUT2D eigenvalue weighted by Crippen LogP contribution is 2.62. The lowest BCUT2D eigenvalue weighted by molar-refractivity contribution is 0.514. The van der Waals surface area contributed by atoms with E-state index in [0.717, 1.165) is 29.7 Å². The molecule has 0 amide bonds. The molecule has 2 aromatic carbocycles. The van der Waals surface area contributed by atoms with Crippen LogP contribution in [0, 0.1) is 11.8 Å². The van der Waals surface area contributed by atoms with E-state index < -0.39 is 8.15 Å². The molecule has 0 saturated heterocycles. The van der Waals surface area contributed by atoms with E-state index in [-0.39, 0.29) is 25.0 Å². The van der Waals surface area contributed by atoms with Crippen molar-refractivity contribution < 1.29 is 8.72 Å². The summed E-state index contributed by atoms with van der Waals surface area (Å²) in [5.74, 6) is 2.09. The van der Waals surface area contributed by atoms with Gasteiger partial charge >= 0.3 is 0 Å². The Balaban J connectivity index is 2.34. The highest BCUT2D eigenvalue weighted by molar-refractivity contribution is 8.20. The molecule has 3 atom stereocenters. The molecular formula is C30H45FOP2. The van der Waals surface area contributed by atoms with Gasteiger partial charge in [0, 0.05) is 25.3 Å². The van der Waals surface area contributed by atoms with Crippen molar-refractivity contribution in [3.63, 3.8) is 0 Å². The van der Waals surface area contributed by atoms with Gasteiger partial charge in [-0.15, -0.1) is 0 Å². The molecule has 0 aromatic heterocycles. The predicted octanol–water partition coefficient (Wildman–Crippen LogP) is 9.72. The standard InChI is InChI=1S/C30H45FOP2/c1-18(2)12-21-14-23-20(5)24-15-22(13-19(3)4)17-26(30(9,10)11)28(24)33-34(31)32-27(23)25(16-21)29(6,7)8/h14-20,33H,12-13H2,1-11H3. The summed E-state index contributed by atoms with van der Waals surface area (Å²) in [7, 11) is -2.03. The SMILES string of the molecule is CC(C)Cc1cc2c(c(C(C)(C)C)c1)OP(F)Pc1c(cc(CC(C)C)cc1C(C)(C)C)C2C. The molecule has 0 N–H and O–H groups in total. The van der Waals surface area contributed by atoms with Gasteiger partial charge in [0.15, 0.2) is 0 Å². The topological polar surface area (TPSA) is 9.23 Å². The molecular weight excluding hydrogens is 457 g/mol. The zero-order chi connectivity index (χ0) is 25.6. The molecule has 0 bridgehead atoms. The maximum Gasteiger partial charge on any atom is 0.299 e. The van der Waals surface area contributed by atoms with Crippen molar-refractivity contribution in [1.82, 2.24) is 0 Å². The molecule has 0 aliphatic carbocycles. The van der Waals surface area contributed by atoms with Crippen LogP contribution in [0.5, 0.6) is 5.75 Å². The van der Waals surface area contributed by atoms with E-state index in [2.05, 4.69) is 100 Å². The second-order valence-electron chi connectivity index (χ2n) is 13.0. The van der Waals surface area contributed by atoms with Crippen molar-refractivity contribution in [1.29, 1.82) is 0 Å². The van der Waals surface area contributed by atoms with E-state index in [1.807, 2.05) is 0 Å². The molecule has 0 saturated carbocycles. The molecule has 0 fully saturated rings. The number of rotatable bonds is 4. The van der Waals surface area contributed by atoms with Crippen LogP contribution in [-0.2, 0) is 23.7 Å². The van der Waals surface area contributed by atoms with Crippen LogP contribution in [0.15, 0.2) is 24.3 Å². The molecule has 1 heterocycles. The van der Waals surface area contributed by atoms with Crippen molar-refractivity contribution in [3.05, 3.63) is 57.6 Å². The molecule has 188 valence electrons. The third-order valence-corrected chi connectivity index (χ3v) is 9.39. The first-order chi connectivity index (χ1) is 15.6. The normalized spacial score (nSPS) is 19.6. The molecule has 3 rings (SSSR count). The van der Waals surface area contributed by atoms with Crippen LogP contribution in [0.25, 0.3) is 0 Å². The Hall–Kier alpha value is -0.970. The summed E-state index contributed by atoms with van der Waals surface area (Å²) in [6.45, 7) is 24.8. The van der Waals surface area contributed by atoms with E-state index in [9.17, 15) is 0 Å². The average Bonchev–Trinajstić information content (AvgIpc) is 2.65. The number of halogens is 1.